The minimum atomic E-state index is -0.472. The minimum Gasteiger partial charge on any atom is -0.508 e. The number of carbonyl (C=O) groups excluding carboxylic acids is 2. The van der Waals surface area contributed by atoms with Crippen LogP contribution in [0.4, 0.5) is 0 Å². The van der Waals surface area contributed by atoms with Crippen molar-refractivity contribution in [2.75, 3.05) is 0 Å². The smallest absolute Gasteiger partial charge is 0.338 e. The first kappa shape index (κ1) is 25.6. The standard InChI is InChI=1S/C28H42O5/c29-24-20-22(27(30)32-25-15-11-7-3-1-4-8-12-16-25)19-23(21-24)28(31)33-26-17-13-9-5-2-6-10-14-18-26/h19-21,25-26,29H,1-18H2. The third-order valence-corrected chi connectivity index (χ3v) is 7.04. The molecular formula is C28H42O5. The number of aromatic hydroxyl groups is 1. The number of rotatable bonds is 4. The summed E-state index contributed by atoms with van der Waals surface area (Å²) in [6.45, 7) is 0. The van der Waals surface area contributed by atoms with Gasteiger partial charge in [-0.3, -0.25) is 0 Å². The van der Waals surface area contributed by atoms with Crippen molar-refractivity contribution in [3.8, 4) is 5.75 Å². The van der Waals surface area contributed by atoms with E-state index in [0.717, 1.165) is 51.4 Å². The van der Waals surface area contributed by atoms with Gasteiger partial charge in [-0.25, -0.2) is 9.59 Å². The van der Waals surface area contributed by atoms with Crippen molar-refractivity contribution in [3.05, 3.63) is 29.3 Å². The molecule has 0 aliphatic heterocycles. The highest BCUT2D eigenvalue weighted by atomic mass is 16.5. The number of esters is 2. The molecule has 0 bridgehead atoms. The van der Waals surface area contributed by atoms with Gasteiger partial charge in [-0.05, 0) is 69.6 Å². The maximum atomic E-state index is 12.9. The van der Waals surface area contributed by atoms with Gasteiger partial charge in [0.15, 0.2) is 0 Å². The quantitative estimate of drug-likeness (QED) is 0.473. The molecule has 0 aromatic heterocycles. The van der Waals surface area contributed by atoms with Crippen molar-refractivity contribution >= 4 is 11.9 Å². The van der Waals surface area contributed by atoms with Gasteiger partial charge in [-0.1, -0.05) is 64.2 Å². The van der Waals surface area contributed by atoms with Crippen LogP contribution in [-0.4, -0.2) is 29.3 Å². The zero-order chi connectivity index (χ0) is 23.3. The van der Waals surface area contributed by atoms with Crippen LogP contribution in [0.15, 0.2) is 18.2 Å². The summed E-state index contributed by atoms with van der Waals surface area (Å²) < 4.78 is 11.6. The normalized spacial score (nSPS) is 20.5. The topological polar surface area (TPSA) is 72.8 Å². The average Bonchev–Trinajstić information content (AvgIpc) is 2.81. The van der Waals surface area contributed by atoms with E-state index in [9.17, 15) is 14.7 Å². The highest BCUT2D eigenvalue weighted by molar-refractivity contribution is 5.96. The summed E-state index contributed by atoms with van der Waals surface area (Å²) >= 11 is 0. The molecule has 2 saturated carbocycles. The molecule has 5 heteroatoms. The molecule has 3 rings (SSSR count). The molecule has 2 aliphatic carbocycles. The molecule has 0 spiro atoms. The van der Waals surface area contributed by atoms with Crippen molar-refractivity contribution in [3.63, 3.8) is 0 Å². The molecule has 0 radical (unpaired) electrons. The zero-order valence-electron chi connectivity index (χ0n) is 20.2. The fourth-order valence-corrected chi connectivity index (χ4v) is 5.07. The van der Waals surface area contributed by atoms with E-state index in [1.165, 1.54) is 82.4 Å². The number of hydrogen-bond donors (Lipinski definition) is 1. The summed E-state index contributed by atoms with van der Waals surface area (Å²) in [6, 6.07) is 4.26. The van der Waals surface area contributed by atoms with E-state index < -0.39 is 11.9 Å². The van der Waals surface area contributed by atoms with Gasteiger partial charge in [-0.15, -0.1) is 0 Å². The number of ether oxygens (including phenoxy) is 2. The Hall–Kier alpha value is -2.04. The molecule has 0 unspecified atom stereocenters. The second kappa shape index (κ2) is 14.3. The average molecular weight is 459 g/mol. The fourth-order valence-electron chi connectivity index (χ4n) is 5.07. The maximum Gasteiger partial charge on any atom is 0.338 e. The molecule has 2 aliphatic rings. The van der Waals surface area contributed by atoms with Gasteiger partial charge in [0.05, 0.1) is 11.1 Å². The Kier molecular flexibility index (Phi) is 11.1. The van der Waals surface area contributed by atoms with Gasteiger partial charge in [-0.2, -0.15) is 0 Å². The summed E-state index contributed by atoms with van der Waals surface area (Å²) in [5, 5.41) is 10.2. The van der Waals surface area contributed by atoms with Gasteiger partial charge in [0.25, 0.3) is 0 Å². The first-order valence-electron chi connectivity index (χ1n) is 13.4. The lowest BCUT2D eigenvalue weighted by Gasteiger charge is -2.20. The van der Waals surface area contributed by atoms with Crippen molar-refractivity contribution in [1.29, 1.82) is 0 Å². The van der Waals surface area contributed by atoms with Crippen LogP contribution in [0.1, 0.15) is 136 Å². The molecule has 2 fully saturated rings. The van der Waals surface area contributed by atoms with E-state index in [2.05, 4.69) is 0 Å². The Morgan fingerprint density at radius 3 is 1.18 bits per heavy atom. The molecule has 1 aromatic carbocycles. The predicted molar refractivity (Wildman–Crippen MR) is 130 cm³/mol. The van der Waals surface area contributed by atoms with E-state index in [0.29, 0.717) is 0 Å². The Morgan fingerprint density at radius 2 is 0.848 bits per heavy atom. The lowest BCUT2D eigenvalue weighted by Crippen LogP contribution is -2.21. The van der Waals surface area contributed by atoms with Crippen LogP contribution >= 0.6 is 0 Å². The monoisotopic (exact) mass is 458 g/mol. The summed E-state index contributed by atoms with van der Waals surface area (Å²) in [7, 11) is 0. The van der Waals surface area contributed by atoms with Gasteiger partial charge in [0.2, 0.25) is 0 Å². The molecule has 0 amide bonds. The van der Waals surface area contributed by atoms with Crippen LogP contribution in [0.5, 0.6) is 5.75 Å². The van der Waals surface area contributed by atoms with E-state index >= 15 is 0 Å². The third-order valence-electron chi connectivity index (χ3n) is 7.04. The van der Waals surface area contributed by atoms with E-state index in [1.807, 2.05) is 0 Å². The molecule has 33 heavy (non-hydrogen) atoms. The number of phenolic OH excluding ortho intramolecular Hbond substituents is 1. The Morgan fingerprint density at radius 1 is 0.545 bits per heavy atom. The minimum absolute atomic E-state index is 0.101. The van der Waals surface area contributed by atoms with Gasteiger partial charge in [0, 0.05) is 0 Å². The lowest BCUT2D eigenvalue weighted by atomic mass is 9.99. The first-order valence-corrected chi connectivity index (χ1v) is 13.4. The van der Waals surface area contributed by atoms with Gasteiger partial charge < -0.3 is 14.6 Å². The number of carbonyl (C=O) groups is 2. The highest BCUT2D eigenvalue weighted by Crippen LogP contribution is 2.24. The fraction of sp³-hybridized carbons (Fsp3) is 0.714. The summed E-state index contributed by atoms with van der Waals surface area (Å²) in [5.41, 5.74) is 0.426. The molecule has 0 saturated heterocycles. The molecule has 5 nitrogen and oxygen atoms in total. The summed E-state index contributed by atoms with van der Waals surface area (Å²) in [6.07, 6.45) is 19.9. The van der Waals surface area contributed by atoms with Crippen LogP contribution in [0.25, 0.3) is 0 Å². The first-order chi connectivity index (χ1) is 16.1. The molecule has 1 aromatic rings. The molecule has 184 valence electrons. The number of benzene rings is 1. The lowest BCUT2D eigenvalue weighted by molar-refractivity contribution is 0.0244. The summed E-state index contributed by atoms with van der Waals surface area (Å²) in [4.78, 5) is 25.7. The number of hydrogen-bond acceptors (Lipinski definition) is 5. The Labute approximate surface area is 199 Å². The van der Waals surface area contributed by atoms with Crippen molar-refractivity contribution in [2.45, 2.75) is 128 Å². The summed E-state index contributed by atoms with van der Waals surface area (Å²) in [5.74, 6) is -1.06. The van der Waals surface area contributed by atoms with Crippen LogP contribution in [0.3, 0.4) is 0 Å². The zero-order valence-corrected chi connectivity index (χ0v) is 20.2. The second-order valence-electron chi connectivity index (χ2n) is 9.93. The number of phenols is 1. The van der Waals surface area contributed by atoms with Crippen LogP contribution in [0, 0.1) is 0 Å². The van der Waals surface area contributed by atoms with Crippen LogP contribution < -0.4 is 0 Å². The van der Waals surface area contributed by atoms with E-state index in [-0.39, 0.29) is 29.1 Å². The van der Waals surface area contributed by atoms with Crippen molar-refractivity contribution < 1.29 is 24.2 Å². The van der Waals surface area contributed by atoms with E-state index in [1.54, 1.807) is 0 Å². The van der Waals surface area contributed by atoms with Crippen LogP contribution in [-0.2, 0) is 9.47 Å². The SMILES string of the molecule is O=C(OC1CCCCCCCCC1)c1cc(O)cc(C(=O)OC2CCCCCCCCC2)c1. The molecule has 1 N–H and O–H groups in total. The third kappa shape index (κ3) is 9.38. The maximum absolute atomic E-state index is 12.9. The van der Waals surface area contributed by atoms with Crippen molar-refractivity contribution in [1.82, 2.24) is 0 Å². The van der Waals surface area contributed by atoms with Crippen LogP contribution in [0.2, 0.25) is 0 Å². The Bertz CT molecular complexity index is 666. The van der Waals surface area contributed by atoms with Gasteiger partial charge >= 0.3 is 11.9 Å². The predicted octanol–water partition coefficient (Wildman–Crippen LogP) is 7.49. The van der Waals surface area contributed by atoms with Gasteiger partial charge in [0.1, 0.15) is 18.0 Å². The van der Waals surface area contributed by atoms with E-state index in [4.69, 9.17) is 9.47 Å². The van der Waals surface area contributed by atoms with Crippen molar-refractivity contribution in [2.24, 2.45) is 0 Å². The molecular weight excluding hydrogens is 416 g/mol. The largest absolute Gasteiger partial charge is 0.508 e. The molecule has 0 atom stereocenters. The Balaban J connectivity index is 1.60. The highest BCUT2D eigenvalue weighted by Gasteiger charge is 2.21. The molecule has 0 heterocycles. The second-order valence-corrected chi connectivity index (χ2v) is 9.93.